The summed E-state index contributed by atoms with van der Waals surface area (Å²) in [5, 5.41) is 3.82. The highest BCUT2D eigenvalue weighted by Gasteiger charge is 2.24. The van der Waals surface area contributed by atoms with Gasteiger partial charge in [-0.3, -0.25) is 9.59 Å². The molecule has 0 aliphatic carbocycles. The van der Waals surface area contributed by atoms with Crippen molar-refractivity contribution in [3.05, 3.63) is 57.6 Å². The van der Waals surface area contributed by atoms with Gasteiger partial charge in [-0.1, -0.05) is 23.2 Å². The van der Waals surface area contributed by atoms with Crippen molar-refractivity contribution in [1.82, 2.24) is 0 Å². The molecule has 0 spiro atoms. The van der Waals surface area contributed by atoms with Gasteiger partial charge in [0.2, 0.25) is 5.91 Å². The summed E-state index contributed by atoms with van der Waals surface area (Å²) in [5.74, 6) is 0.482. The summed E-state index contributed by atoms with van der Waals surface area (Å²) in [7, 11) is 0. The van der Waals surface area contributed by atoms with Crippen LogP contribution in [0.4, 0.5) is 11.4 Å². The average Bonchev–Trinajstić information content (AvgIpc) is 3.07. The molecule has 0 unspecified atom stereocenters. The van der Waals surface area contributed by atoms with Gasteiger partial charge in [0, 0.05) is 29.2 Å². The number of carbonyl (C=O) groups excluding carboxylic acids is 2. The van der Waals surface area contributed by atoms with Crippen LogP contribution >= 0.6 is 23.2 Å². The first-order chi connectivity index (χ1) is 13.0. The Hall–Kier alpha value is -2.50. The first-order valence-corrected chi connectivity index (χ1v) is 9.31. The summed E-state index contributed by atoms with van der Waals surface area (Å²) in [4.78, 5) is 26.1. The number of halogens is 2. The fourth-order valence-corrected chi connectivity index (χ4v) is 3.66. The first-order valence-electron chi connectivity index (χ1n) is 8.55. The van der Waals surface area contributed by atoms with Crippen LogP contribution in [-0.2, 0) is 9.59 Å². The number of ether oxygens (including phenoxy) is 1. The number of fused-ring (bicyclic) bond motifs is 1. The predicted molar refractivity (Wildman–Crippen MR) is 107 cm³/mol. The quantitative estimate of drug-likeness (QED) is 0.819. The van der Waals surface area contributed by atoms with Crippen molar-refractivity contribution in [3.63, 3.8) is 0 Å². The van der Waals surface area contributed by atoms with Crippen molar-refractivity contribution in [2.75, 3.05) is 23.4 Å². The van der Waals surface area contributed by atoms with Gasteiger partial charge in [-0.15, -0.1) is 0 Å². The van der Waals surface area contributed by atoms with E-state index in [0.29, 0.717) is 45.7 Å². The van der Waals surface area contributed by atoms with E-state index < -0.39 is 0 Å². The summed E-state index contributed by atoms with van der Waals surface area (Å²) in [6.07, 6.45) is 3.13. The number of rotatable bonds is 3. The Kier molecular flexibility index (Phi) is 4.81. The minimum absolute atomic E-state index is 0.0653. The van der Waals surface area contributed by atoms with Gasteiger partial charge < -0.3 is 15.0 Å². The number of carbonyl (C=O) groups is 2. The van der Waals surface area contributed by atoms with E-state index in [1.165, 1.54) is 0 Å². The molecule has 2 aromatic carbocycles. The Morgan fingerprint density at radius 1 is 1.15 bits per heavy atom. The molecule has 7 heteroatoms. The maximum absolute atomic E-state index is 12.6. The summed E-state index contributed by atoms with van der Waals surface area (Å²) in [6, 6.07) is 10.4. The lowest BCUT2D eigenvalue weighted by Crippen LogP contribution is -2.24. The maximum atomic E-state index is 12.6. The zero-order valence-corrected chi connectivity index (χ0v) is 15.8. The fraction of sp³-hybridized carbons (Fsp3) is 0.200. The monoisotopic (exact) mass is 402 g/mol. The molecular weight excluding hydrogens is 387 g/mol. The summed E-state index contributed by atoms with van der Waals surface area (Å²) < 4.78 is 5.61. The molecule has 138 valence electrons. The molecule has 0 bridgehead atoms. The van der Waals surface area contributed by atoms with E-state index >= 15 is 0 Å². The second-order valence-electron chi connectivity index (χ2n) is 6.41. The lowest BCUT2D eigenvalue weighted by atomic mass is 10.1. The van der Waals surface area contributed by atoms with E-state index in [2.05, 4.69) is 5.32 Å². The number of nitrogens with zero attached hydrogens (tertiary/aromatic N) is 1. The molecule has 5 nitrogen and oxygen atoms in total. The fourth-order valence-electron chi connectivity index (χ4n) is 3.20. The number of hydrogen-bond donors (Lipinski definition) is 1. The van der Waals surface area contributed by atoms with Crippen LogP contribution in [0.5, 0.6) is 5.75 Å². The van der Waals surface area contributed by atoms with Crippen molar-refractivity contribution in [2.45, 2.75) is 12.8 Å². The first kappa shape index (κ1) is 17.9. The van der Waals surface area contributed by atoms with E-state index in [9.17, 15) is 9.59 Å². The van der Waals surface area contributed by atoms with E-state index in [1.54, 1.807) is 47.4 Å². The highest BCUT2D eigenvalue weighted by Crippen LogP contribution is 2.33. The highest BCUT2D eigenvalue weighted by atomic mass is 35.5. The van der Waals surface area contributed by atoms with Crippen LogP contribution in [0.15, 0.2) is 42.0 Å². The molecular formula is C20H16Cl2N2O3. The standard InChI is InChI=1S/C20H16Cl2N2O3/c21-14-3-6-18-12(9-14)8-13(11-27-18)20(26)23-15-4-5-17(16(22)10-15)24-7-1-2-19(24)25/h3-6,8-10H,1-2,7,11H2,(H,23,26). The molecule has 1 N–H and O–H groups in total. The molecule has 0 radical (unpaired) electrons. The normalized spacial score (nSPS) is 15.9. The van der Waals surface area contributed by atoms with Crippen LogP contribution in [0.2, 0.25) is 10.0 Å². The van der Waals surface area contributed by atoms with E-state index in [4.69, 9.17) is 27.9 Å². The van der Waals surface area contributed by atoms with Gasteiger partial charge >= 0.3 is 0 Å². The third kappa shape index (κ3) is 3.66. The van der Waals surface area contributed by atoms with Crippen LogP contribution in [0.25, 0.3) is 6.08 Å². The third-order valence-electron chi connectivity index (χ3n) is 4.55. The van der Waals surface area contributed by atoms with Gasteiger partial charge in [-0.2, -0.15) is 0 Å². The highest BCUT2D eigenvalue weighted by molar-refractivity contribution is 6.34. The molecule has 2 aromatic rings. The van der Waals surface area contributed by atoms with E-state index in [0.717, 1.165) is 12.0 Å². The van der Waals surface area contributed by atoms with Crippen molar-refractivity contribution < 1.29 is 14.3 Å². The van der Waals surface area contributed by atoms with Crippen LogP contribution in [0.3, 0.4) is 0 Å². The Morgan fingerprint density at radius 3 is 2.74 bits per heavy atom. The summed E-state index contributed by atoms with van der Waals surface area (Å²) >= 11 is 12.3. The topological polar surface area (TPSA) is 58.6 Å². The second kappa shape index (κ2) is 7.25. The number of hydrogen-bond acceptors (Lipinski definition) is 3. The second-order valence-corrected chi connectivity index (χ2v) is 7.25. The van der Waals surface area contributed by atoms with Crippen LogP contribution in [-0.4, -0.2) is 25.0 Å². The lowest BCUT2D eigenvalue weighted by molar-refractivity contribution is -0.117. The van der Waals surface area contributed by atoms with Gasteiger partial charge in [0.05, 0.1) is 16.3 Å². The third-order valence-corrected chi connectivity index (χ3v) is 5.08. The zero-order valence-electron chi connectivity index (χ0n) is 14.3. The zero-order chi connectivity index (χ0) is 19.0. The molecule has 0 saturated carbocycles. The molecule has 2 heterocycles. The molecule has 0 atom stereocenters. The van der Waals surface area contributed by atoms with E-state index in [-0.39, 0.29) is 18.4 Å². The van der Waals surface area contributed by atoms with Crippen molar-refractivity contribution >= 4 is 52.5 Å². The number of benzene rings is 2. The van der Waals surface area contributed by atoms with Crippen LogP contribution in [0, 0.1) is 0 Å². The molecule has 2 amide bonds. The number of nitrogens with one attached hydrogen (secondary N) is 1. The van der Waals surface area contributed by atoms with Gasteiger partial charge in [0.1, 0.15) is 12.4 Å². The predicted octanol–water partition coefficient (Wildman–Crippen LogP) is 4.53. The summed E-state index contributed by atoms with van der Waals surface area (Å²) in [5.41, 5.74) is 2.47. The van der Waals surface area contributed by atoms with Gasteiger partial charge in [0.25, 0.3) is 5.91 Å². The SMILES string of the molecule is O=C(Nc1ccc(N2CCCC2=O)c(Cl)c1)C1=Cc2cc(Cl)ccc2OC1. The molecule has 1 saturated heterocycles. The smallest absolute Gasteiger partial charge is 0.255 e. The summed E-state index contributed by atoms with van der Waals surface area (Å²) in [6.45, 7) is 0.838. The van der Waals surface area contributed by atoms with Gasteiger partial charge in [-0.05, 0) is 48.9 Å². The Labute approximate surface area is 166 Å². The van der Waals surface area contributed by atoms with Crippen molar-refractivity contribution in [3.8, 4) is 5.75 Å². The van der Waals surface area contributed by atoms with Crippen LogP contribution in [0.1, 0.15) is 18.4 Å². The maximum Gasteiger partial charge on any atom is 0.255 e. The van der Waals surface area contributed by atoms with Crippen LogP contribution < -0.4 is 15.0 Å². The Morgan fingerprint density at radius 2 is 2.00 bits per heavy atom. The van der Waals surface area contributed by atoms with Gasteiger partial charge in [-0.25, -0.2) is 0 Å². The molecule has 2 aliphatic heterocycles. The molecule has 1 fully saturated rings. The Balaban J connectivity index is 1.52. The largest absolute Gasteiger partial charge is 0.488 e. The minimum Gasteiger partial charge on any atom is -0.488 e. The molecule has 0 aromatic heterocycles. The average molecular weight is 403 g/mol. The minimum atomic E-state index is -0.276. The van der Waals surface area contributed by atoms with E-state index in [1.807, 2.05) is 0 Å². The number of anilines is 2. The molecule has 4 rings (SSSR count). The van der Waals surface area contributed by atoms with Gasteiger partial charge in [0.15, 0.2) is 0 Å². The van der Waals surface area contributed by atoms with Crippen molar-refractivity contribution in [2.24, 2.45) is 0 Å². The lowest BCUT2D eigenvalue weighted by Gasteiger charge is -2.19. The molecule has 27 heavy (non-hydrogen) atoms. The Bertz CT molecular complexity index is 972. The molecule has 2 aliphatic rings. The number of amides is 2. The van der Waals surface area contributed by atoms with Crippen molar-refractivity contribution in [1.29, 1.82) is 0 Å².